The van der Waals surface area contributed by atoms with Gasteiger partial charge in [0.05, 0.1) is 11.6 Å². The largest absolute Gasteiger partial charge is 0.483 e. The van der Waals surface area contributed by atoms with E-state index in [0.29, 0.717) is 5.88 Å². The minimum Gasteiger partial charge on any atom is -0.483 e. The Balaban J connectivity index is 2.16. The second-order valence-corrected chi connectivity index (χ2v) is 6.25. The summed E-state index contributed by atoms with van der Waals surface area (Å²) >= 11 is 10.9. The molecule has 2 nitrogen and oxygen atoms in total. The van der Waals surface area contributed by atoms with Crippen LogP contribution in [0, 0.1) is 6.92 Å². The third-order valence-corrected chi connectivity index (χ3v) is 4.91. The second kappa shape index (κ2) is 6.73. The molecular formula is C14H15BrClNOS. The third-order valence-electron chi connectivity index (χ3n) is 2.76. The van der Waals surface area contributed by atoms with Crippen molar-refractivity contribution in [3.63, 3.8) is 0 Å². The number of hydrogen-bond donors (Lipinski definition) is 0. The topological polar surface area (TPSA) is 22.1 Å². The number of ether oxygens (including phenoxy) is 1. The van der Waals surface area contributed by atoms with Crippen molar-refractivity contribution in [2.75, 3.05) is 0 Å². The molecule has 0 fully saturated rings. The minimum absolute atomic E-state index is 0.0115. The Hall–Kier alpha value is -0.580. The van der Waals surface area contributed by atoms with Gasteiger partial charge in [0.15, 0.2) is 0 Å². The smallest absolute Gasteiger partial charge is 0.150 e. The lowest BCUT2D eigenvalue weighted by molar-refractivity contribution is 0.200. The van der Waals surface area contributed by atoms with E-state index >= 15 is 0 Å². The highest BCUT2D eigenvalue weighted by Gasteiger charge is 2.15. The highest BCUT2D eigenvalue weighted by Crippen LogP contribution is 2.29. The molecule has 0 saturated carbocycles. The van der Waals surface area contributed by atoms with Crippen LogP contribution >= 0.6 is 38.9 Å². The molecule has 1 heterocycles. The van der Waals surface area contributed by atoms with Crippen molar-refractivity contribution in [2.45, 2.75) is 32.3 Å². The maximum atomic E-state index is 6.03. The molecule has 0 amide bonds. The van der Waals surface area contributed by atoms with Crippen molar-refractivity contribution in [3.05, 3.63) is 44.3 Å². The molecule has 2 rings (SSSR count). The number of hydrogen-bond acceptors (Lipinski definition) is 3. The van der Waals surface area contributed by atoms with E-state index in [0.717, 1.165) is 32.9 Å². The molecule has 1 unspecified atom stereocenters. The predicted molar refractivity (Wildman–Crippen MR) is 84.2 cm³/mol. The number of rotatable bonds is 5. The standard InChI is InChI=1S/C14H15BrClNOS/c1-3-13(14-17-10(7-16)8-19-14)18-11-4-5-12(15)9(2)6-11/h4-6,8,13H,3,7H2,1-2H3. The Bertz CT molecular complexity index is 558. The lowest BCUT2D eigenvalue weighted by Crippen LogP contribution is -2.06. The van der Waals surface area contributed by atoms with Crippen LogP contribution in [0.5, 0.6) is 5.75 Å². The fraction of sp³-hybridized carbons (Fsp3) is 0.357. The van der Waals surface area contributed by atoms with Gasteiger partial charge in [0.25, 0.3) is 0 Å². The van der Waals surface area contributed by atoms with Crippen LogP contribution in [-0.4, -0.2) is 4.98 Å². The first-order chi connectivity index (χ1) is 9.13. The van der Waals surface area contributed by atoms with E-state index in [-0.39, 0.29) is 6.10 Å². The zero-order valence-corrected chi connectivity index (χ0v) is 14.0. The number of benzene rings is 1. The molecule has 5 heteroatoms. The molecule has 0 saturated heterocycles. The van der Waals surface area contributed by atoms with Gasteiger partial charge in [-0.1, -0.05) is 22.9 Å². The van der Waals surface area contributed by atoms with Crippen molar-refractivity contribution in [1.29, 1.82) is 0 Å². The molecule has 0 aliphatic carbocycles. The number of halogens is 2. The van der Waals surface area contributed by atoms with Crippen molar-refractivity contribution >= 4 is 38.9 Å². The molecule has 0 N–H and O–H groups in total. The van der Waals surface area contributed by atoms with E-state index in [4.69, 9.17) is 16.3 Å². The molecule has 0 bridgehead atoms. The second-order valence-electron chi connectivity index (χ2n) is 4.24. The maximum Gasteiger partial charge on any atom is 0.150 e. The van der Waals surface area contributed by atoms with Gasteiger partial charge in [-0.2, -0.15) is 0 Å². The zero-order chi connectivity index (χ0) is 13.8. The first-order valence-corrected chi connectivity index (χ1v) is 8.27. The molecule has 1 aromatic heterocycles. The summed E-state index contributed by atoms with van der Waals surface area (Å²) in [7, 11) is 0. The molecule has 0 aliphatic heterocycles. The van der Waals surface area contributed by atoms with E-state index in [9.17, 15) is 0 Å². The molecule has 1 atom stereocenters. The number of alkyl halides is 1. The van der Waals surface area contributed by atoms with E-state index < -0.39 is 0 Å². The summed E-state index contributed by atoms with van der Waals surface area (Å²) in [6.45, 7) is 4.14. The zero-order valence-electron chi connectivity index (χ0n) is 10.8. The molecule has 0 spiro atoms. The number of aryl methyl sites for hydroxylation is 1. The van der Waals surface area contributed by atoms with E-state index in [1.807, 2.05) is 30.5 Å². The average Bonchev–Trinajstić information content (AvgIpc) is 2.88. The Kier molecular flexibility index (Phi) is 5.25. The van der Waals surface area contributed by atoms with Crippen molar-refractivity contribution in [2.24, 2.45) is 0 Å². The third kappa shape index (κ3) is 3.71. The Morgan fingerprint density at radius 1 is 1.47 bits per heavy atom. The lowest BCUT2D eigenvalue weighted by Gasteiger charge is -2.16. The van der Waals surface area contributed by atoms with Crippen LogP contribution in [0.4, 0.5) is 0 Å². The van der Waals surface area contributed by atoms with Crippen LogP contribution < -0.4 is 4.74 Å². The normalized spacial score (nSPS) is 12.4. The molecule has 19 heavy (non-hydrogen) atoms. The van der Waals surface area contributed by atoms with E-state index in [1.54, 1.807) is 11.3 Å². The van der Waals surface area contributed by atoms with Crippen LogP contribution in [0.2, 0.25) is 0 Å². The van der Waals surface area contributed by atoms with E-state index in [2.05, 4.69) is 27.8 Å². The highest BCUT2D eigenvalue weighted by molar-refractivity contribution is 9.10. The predicted octanol–water partition coefficient (Wildman–Crippen LogP) is 5.48. The van der Waals surface area contributed by atoms with Gasteiger partial charge in [0.1, 0.15) is 16.9 Å². The monoisotopic (exact) mass is 359 g/mol. The number of thiazole rings is 1. The van der Waals surface area contributed by atoms with Gasteiger partial charge in [-0.15, -0.1) is 22.9 Å². The van der Waals surface area contributed by atoms with Gasteiger partial charge in [-0.3, -0.25) is 0 Å². The molecule has 1 aromatic carbocycles. The Labute approximate surface area is 130 Å². The maximum absolute atomic E-state index is 6.03. The first kappa shape index (κ1) is 14.8. The average molecular weight is 361 g/mol. The first-order valence-electron chi connectivity index (χ1n) is 6.07. The summed E-state index contributed by atoms with van der Waals surface area (Å²) in [5.41, 5.74) is 2.07. The lowest BCUT2D eigenvalue weighted by atomic mass is 10.2. The van der Waals surface area contributed by atoms with Gasteiger partial charge in [-0.05, 0) is 37.1 Å². The summed E-state index contributed by atoms with van der Waals surface area (Å²) < 4.78 is 7.12. The van der Waals surface area contributed by atoms with Crippen molar-refractivity contribution < 1.29 is 4.74 Å². The fourth-order valence-corrected chi connectivity index (χ4v) is 3.10. The molecule has 0 aliphatic rings. The SMILES string of the molecule is CCC(Oc1ccc(Br)c(C)c1)c1nc(CCl)cs1. The minimum atomic E-state index is -0.0115. The van der Waals surface area contributed by atoms with Crippen molar-refractivity contribution in [3.8, 4) is 5.75 Å². The van der Waals surface area contributed by atoms with Crippen LogP contribution in [0.1, 0.15) is 35.7 Å². The fourth-order valence-electron chi connectivity index (χ4n) is 1.70. The molecular weight excluding hydrogens is 346 g/mol. The highest BCUT2D eigenvalue weighted by atomic mass is 79.9. The number of nitrogens with zero attached hydrogens (tertiary/aromatic N) is 1. The van der Waals surface area contributed by atoms with Gasteiger partial charge < -0.3 is 4.74 Å². The summed E-state index contributed by atoms with van der Waals surface area (Å²) in [4.78, 5) is 4.49. The Morgan fingerprint density at radius 2 is 2.26 bits per heavy atom. The molecule has 2 aromatic rings. The van der Waals surface area contributed by atoms with Gasteiger partial charge in [-0.25, -0.2) is 4.98 Å². The summed E-state index contributed by atoms with van der Waals surface area (Å²) in [5.74, 6) is 1.32. The van der Waals surface area contributed by atoms with Crippen LogP contribution in [-0.2, 0) is 5.88 Å². The van der Waals surface area contributed by atoms with Gasteiger partial charge >= 0.3 is 0 Å². The summed E-state index contributed by atoms with van der Waals surface area (Å²) in [5, 5.41) is 2.97. The van der Waals surface area contributed by atoms with Gasteiger partial charge in [0.2, 0.25) is 0 Å². The molecule has 0 radical (unpaired) electrons. The van der Waals surface area contributed by atoms with Crippen LogP contribution in [0.15, 0.2) is 28.1 Å². The van der Waals surface area contributed by atoms with Crippen LogP contribution in [0.25, 0.3) is 0 Å². The quantitative estimate of drug-likeness (QED) is 0.658. The summed E-state index contributed by atoms with van der Waals surface area (Å²) in [6.07, 6.45) is 0.868. The van der Waals surface area contributed by atoms with Gasteiger partial charge in [0, 0.05) is 9.85 Å². The number of aromatic nitrogens is 1. The summed E-state index contributed by atoms with van der Waals surface area (Å²) in [6, 6.07) is 6.00. The molecule has 102 valence electrons. The van der Waals surface area contributed by atoms with Crippen LogP contribution in [0.3, 0.4) is 0 Å². The Morgan fingerprint density at radius 3 is 2.84 bits per heavy atom. The van der Waals surface area contributed by atoms with E-state index in [1.165, 1.54) is 0 Å². The van der Waals surface area contributed by atoms with Crippen molar-refractivity contribution in [1.82, 2.24) is 4.98 Å².